The molecule has 1 fully saturated rings. The maximum atomic E-state index is 12.3. The highest BCUT2D eigenvalue weighted by Gasteiger charge is 2.18. The molecule has 24 heavy (non-hydrogen) atoms. The van der Waals surface area contributed by atoms with Crippen LogP contribution in [0.4, 0.5) is 0 Å². The Morgan fingerprint density at radius 3 is 3.04 bits per heavy atom. The van der Waals surface area contributed by atoms with Crippen molar-refractivity contribution < 1.29 is 9.53 Å². The van der Waals surface area contributed by atoms with Gasteiger partial charge in [0.1, 0.15) is 5.82 Å². The minimum atomic E-state index is -0.291. The van der Waals surface area contributed by atoms with Crippen molar-refractivity contribution in [1.82, 2.24) is 20.3 Å². The molecule has 2 aromatic rings. The first-order chi connectivity index (χ1) is 11.6. The van der Waals surface area contributed by atoms with Crippen LogP contribution in [0, 0.1) is 12.8 Å². The van der Waals surface area contributed by atoms with Gasteiger partial charge in [-0.2, -0.15) is 0 Å². The zero-order valence-electron chi connectivity index (χ0n) is 13.5. The first-order valence-corrected chi connectivity index (χ1v) is 7.98. The lowest BCUT2D eigenvalue weighted by Crippen LogP contribution is -2.33. The zero-order chi connectivity index (χ0) is 16.9. The predicted molar refractivity (Wildman–Crippen MR) is 88.5 cm³/mol. The minimum Gasteiger partial charge on any atom is -0.381 e. The molecule has 1 aliphatic heterocycles. The van der Waals surface area contributed by atoms with E-state index in [2.05, 4.69) is 20.3 Å². The molecule has 0 aromatic carbocycles. The summed E-state index contributed by atoms with van der Waals surface area (Å²) < 4.78 is 5.28. The molecule has 126 valence electrons. The molecular weight excluding hydrogens is 308 g/mol. The molecule has 3 rings (SSSR count). The van der Waals surface area contributed by atoms with Gasteiger partial charge in [-0.3, -0.25) is 14.6 Å². The van der Waals surface area contributed by atoms with Gasteiger partial charge in [0.15, 0.2) is 0 Å². The molecule has 7 heteroatoms. The van der Waals surface area contributed by atoms with E-state index in [1.807, 2.05) is 6.07 Å². The van der Waals surface area contributed by atoms with E-state index in [-0.39, 0.29) is 17.9 Å². The van der Waals surface area contributed by atoms with Crippen molar-refractivity contribution in [2.24, 2.45) is 5.92 Å². The van der Waals surface area contributed by atoms with Crippen LogP contribution in [0.5, 0.6) is 0 Å². The lowest BCUT2D eigenvalue weighted by Gasteiger charge is -2.10. The third kappa shape index (κ3) is 3.86. The first-order valence-electron chi connectivity index (χ1n) is 7.98. The largest absolute Gasteiger partial charge is 0.381 e. The van der Waals surface area contributed by atoms with Crippen LogP contribution >= 0.6 is 0 Å². The van der Waals surface area contributed by atoms with Crippen LogP contribution in [0.1, 0.15) is 17.7 Å². The van der Waals surface area contributed by atoms with Crippen molar-refractivity contribution >= 4 is 5.91 Å². The van der Waals surface area contributed by atoms with Gasteiger partial charge in [0.05, 0.1) is 13.0 Å². The van der Waals surface area contributed by atoms with Crippen LogP contribution in [0.3, 0.4) is 0 Å². The Kier molecular flexibility index (Phi) is 5.00. The number of nitrogens with zero attached hydrogens (tertiary/aromatic N) is 2. The summed E-state index contributed by atoms with van der Waals surface area (Å²) in [5, 5.41) is 2.86. The number of carbonyl (C=O) groups is 1. The van der Waals surface area contributed by atoms with Gasteiger partial charge in [-0.05, 0) is 25.5 Å². The molecule has 2 N–H and O–H groups in total. The average Bonchev–Trinajstić information content (AvgIpc) is 3.10. The highest BCUT2D eigenvalue weighted by Crippen LogP contribution is 2.13. The second-order valence-corrected chi connectivity index (χ2v) is 5.93. The maximum absolute atomic E-state index is 12.3. The zero-order valence-corrected chi connectivity index (χ0v) is 13.5. The van der Waals surface area contributed by atoms with Crippen molar-refractivity contribution in [3.05, 3.63) is 46.1 Å². The van der Waals surface area contributed by atoms with Gasteiger partial charge >= 0.3 is 0 Å². The van der Waals surface area contributed by atoms with Crippen LogP contribution in [-0.4, -0.2) is 40.6 Å². The van der Waals surface area contributed by atoms with Gasteiger partial charge < -0.3 is 15.0 Å². The number of amides is 1. The highest BCUT2D eigenvalue weighted by molar-refractivity contribution is 5.78. The average molecular weight is 328 g/mol. The molecule has 7 nitrogen and oxygen atoms in total. The molecule has 2 aromatic heterocycles. The van der Waals surface area contributed by atoms with E-state index in [9.17, 15) is 9.59 Å². The van der Waals surface area contributed by atoms with Gasteiger partial charge in [0, 0.05) is 48.3 Å². The van der Waals surface area contributed by atoms with Crippen molar-refractivity contribution in [3.63, 3.8) is 0 Å². The fraction of sp³-hybridized carbons (Fsp3) is 0.412. The lowest BCUT2D eigenvalue weighted by molar-refractivity contribution is -0.120. The molecule has 1 amide bonds. The number of H-pyrrole nitrogens is 1. The number of pyridine rings is 1. The number of aromatic amines is 1. The van der Waals surface area contributed by atoms with E-state index >= 15 is 0 Å². The summed E-state index contributed by atoms with van der Waals surface area (Å²) in [6, 6.07) is 3.60. The summed E-state index contributed by atoms with van der Waals surface area (Å²) in [7, 11) is 0. The quantitative estimate of drug-likeness (QED) is 0.847. The number of nitrogens with one attached hydrogen (secondary N) is 2. The number of aryl methyl sites for hydroxylation is 1. The van der Waals surface area contributed by atoms with Crippen LogP contribution in [0.25, 0.3) is 11.4 Å². The first kappa shape index (κ1) is 16.3. The number of hydrogen-bond donors (Lipinski definition) is 2. The van der Waals surface area contributed by atoms with E-state index in [0.29, 0.717) is 36.2 Å². The molecule has 0 spiro atoms. The number of hydrogen-bond acceptors (Lipinski definition) is 5. The Labute approximate surface area is 139 Å². The van der Waals surface area contributed by atoms with Crippen LogP contribution in [0.2, 0.25) is 0 Å². The molecule has 0 radical (unpaired) electrons. The normalized spacial score (nSPS) is 17.0. The van der Waals surface area contributed by atoms with Crippen LogP contribution in [0.15, 0.2) is 29.3 Å². The topological polar surface area (TPSA) is 97.0 Å². The Bertz CT molecular complexity index is 767. The monoisotopic (exact) mass is 328 g/mol. The summed E-state index contributed by atoms with van der Waals surface area (Å²) in [4.78, 5) is 35.5. The number of aromatic nitrogens is 3. The Hall–Kier alpha value is -2.54. The van der Waals surface area contributed by atoms with Gasteiger partial charge in [0.25, 0.3) is 5.56 Å². The van der Waals surface area contributed by atoms with Crippen LogP contribution < -0.4 is 10.9 Å². The molecule has 1 atom stereocenters. The predicted octanol–water partition coefficient (Wildman–Crippen LogP) is 0.836. The van der Waals surface area contributed by atoms with Gasteiger partial charge in [-0.25, -0.2) is 4.98 Å². The second kappa shape index (κ2) is 7.35. The molecular formula is C17H20N4O3. The third-order valence-corrected chi connectivity index (χ3v) is 4.11. The minimum absolute atomic E-state index is 0.0229. The maximum Gasteiger partial charge on any atom is 0.255 e. The standard InChI is InChI=1S/C17H20N4O3/c1-11-14(7-15(22)19-8-12-4-6-24-10-12)17(23)21-16(20-11)13-3-2-5-18-9-13/h2-3,5,9,12H,4,6-8,10H2,1H3,(H,19,22)(H,20,21,23)/t12-/m1/s1. The fourth-order valence-electron chi connectivity index (χ4n) is 2.68. The summed E-state index contributed by atoms with van der Waals surface area (Å²) in [5.41, 5.74) is 1.38. The number of rotatable bonds is 5. The summed E-state index contributed by atoms with van der Waals surface area (Å²) in [6.45, 7) is 3.75. The SMILES string of the molecule is Cc1nc(-c2cccnc2)[nH]c(=O)c1CC(=O)NC[C@H]1CCOC1. The number of ether oxygens (including phenoxy) is 1. The smallest absolute Gasteiger partial charge is 0.255 e. The molecule has 3 heterocycles. The second-order valence-electron chi connectivity index (χ2n) is 5.93. The molecule has 0 saturated carbocycles. The van der Waals surface area contributed by atoms with Crippen molar-refractivity contribution in [2.45, 2.75) is 19.8 Å². The summed E-state index contributed by atoms with van der Waals surface area (Å²) >= 11 is 0. The molecule has 1 saturated heterocycles. The van der Waals surface area contributed by atoms with E-state index in [1.54, 1.807) is 25.4 Å². The third-order valence-electron chi connectivity index (χ3n) is 4.11. The Balaban J connectivity index is 1.69. The fourth-order valence-corrected chi connectivity index (χ4v) is 2.68. The molecule has 0 aliphatic carbocycles. The lowest BCUT2D eigenvalue weighted by atomic mass is 10.1. The molecule has 1 aliphatic rings. The Morgan fingerprint density at radius 1 is 1.50 bits per heavy atom. The van der Waals surface area contributed by atoms with Gasteiger partial charge in [-0.1, -0.05) is 0 Å². The highest BCUT2D eigenvalue weighted by atomic mass is 16.5. The van der Waals surface area contributed by atoms with E-state index in [1.165, 1.54) is 0 Å². The van der Waals surface area contributed by atoms with Crippen molar-refractivity contribution in [1.29, 1.82) is 0 Å². The summed E-state index contributed by atoms with van der Waals surface area (Å²) in [5.74, 6) is 0.642. The van der Waals surface area contributed by atoms with Gasteiger partial charge in [-0.15, -0.1) is 0 Å². The van der Waals surface area contributed by atoms with E-state index in [0.717, 1.165) is 18.6 Å². The van der Waals surface area contributed by atoms with E-state index < -0.39 is 0 Å². The van der Waals surface area contributed by atoms with Crippen molar-refractivity contribution in [3.8, 4) is 11.4 Å². The molecule has 0 unspecified atom stereocenters. The molecule has 0 bridgehead atoms. The van der Waals surface area contributed by atoms with Crippen LogP contribution in [-0.2, 0) is 16.0 Å². The van der Waals surface area contributed by atoms with Gasteiger partial charge in [0.2, 0.25) is 5.91 Å². The Morgan fingerprint density at radius 2 is 2.38 bits per heavy atom. The summed E-state index contributed by atoms with van der Waals surface area (Å²) in [6.07, 6.45) is 4.27. The van der Waals surface area contributed by atoms with Crippen molar-refractivity contribution in [2.75, 3.05) is 19.8 Å². The van der Waals surface area contributed by atoms with E-state index in [4.69, 9.17) is 4.74 Å². The number of carbonyl (C=O) groups excluding carboxylic acids is 1.